The van der Waals surface area contributed by atoms with E-state index in [2.05, 4.69) is 0 Å². The molecule has 1 aliphatic heterocycles. The highest BCUT2D eigenvalue weighted by Crippen LogP contribution is 2.42. The number of hydrogen-bond donors (Lipinski definition) is 6. The van der Waals surface area contributed by atoms with Crippen LogP contribution >= 0.6 is 0 Å². The first-order chi connectivity index (χ1) is 18.1. The van der Waals surface area contributed by atoms with Crippen LogP contribution in [0.15, 0.2) is 24.3 Å². The number of ether oxygens (including phenoxy) is 5. The fraction of sp³-hybridized carbons (Fsp3) is 0.440. The van der Waals surface area contributed by atoms with Crippen molar-refractivity contribution in [1.29, 1.82) is 0 Å². The Balaban J connectivity index is 1.51. The summed E-state index contributed by atoms with van der Waals surface area (Å²) in [6.07, 6.45) is -9.21. The Morgan fingerprint density at radius 2 is 1.63 bits per heavy atom. The lowest BCUT2D eigenvalue weighted by Gasteiger charge is -2.40. The zero-order valence-corrected chi connectivity index (χ0v) is 20.4. The number of methoxy groups -OCH3 is 2. The van der Waals surface area contributed by atoms with E-state index in [1.54, 1.807) is 0 Å². The quantitative estimate of drug-likeness (QED) is 0.262. The van der Waals surface area contributed by atoms with Crippen molar-refractivity contribution >= 4 is 11.8 Å². The van der Waals surface area contributed by atoms with Crippen molar-refractivity contribution in [2.24, 2.45) is 0 Å². The molecule has 13 heteroatoms. The van der Waals surface area contributed by atoms with Gasteiger partial charge in [-0.3, -0.25) is 4.79 Å². The number of fused-ring (bicyclic) bond motifs is 1. The summed E-state index contributed by atoms with van der Waals surface area (Å²) in [5.74, 6) is -2.14. The molecule has 0 amide bonds. The number of carbonyl (C=O) groups excluding carboxylic acids is 2. The number of aromatic hydroxyl groups is 2. The van der Waals surface area contributed by atoms with Crippen LogP contribution in [0.3, 0.4) is 0 Å². The predicted octanol–water partition coefficient (Wildman–Crippen LogP) is 0.168. The number of aliphatic hydroxyl groups is 4. The fourth-order valence-electron chi connectivity index (χ4n) is 4.38. The molecule has 6 N–H and O–H groups in total. The molecule has 13 nitrogen and oxygen atoms in total. The second-order valence-electron chi connectivity index (χ2n) is 8.81. The van der Waals surface area contributed by atoms with E-state index in [4.69, 9.17) is 23.7 Å². The third kappa shape index (κ3) is 5.06. The Bertz CT molecular complexity index is 1190. The number of ketones is 1. The molecule has 0 radical (unpaired) electrons. The van der Waals surface area contributed by atoms with Gasteiger partial charge in [-0.2, -0.15) is 0 Å². The second-order valence-corrected chi connectivity index (χ2v) is 8.81. The van der Waals surface area contributed by atoms with E-state index >= 15 is 0 Å². The summed E-state index contributed by atoms with van der Waals surface area (Å²) in [7, 11) is 2.56. The van der Waals surface area contributed by atoms with Gasteiger partial charge in [0.25, 0.3) is 0 Å². The number of carbonyl (C=O) groups is 2. The minimum atomic E-state index is -1.77. The molecule has 4 rings (SSSR count). The fourth-order valence-corrected chi connectivity index (χ4v) is 4.38. The van der Waals surface area contributed by atoms with E-state index in [-0.39, 0.29) is 58.3 Å². The van der Waals surface area contributed by atoms with Crippen molar-refractivity contribution in [3.8, 4) is 28.7 Å². The van der Waals surface area contributed by atoms with Gasteiger partial charge in [0.1, 0.15) is 42.5 Å². The number of aliphatic hydroxyl groups excluding tert-OH is 4. The largest absolute Gasteiger partial charge is 0.507 e. The van der Waals surface area contributed by atoms with Crippen LogP contribution in [0.5, 0.6) is 28.7 Å². The van der Waals surface area contributed by atoms with Gasteiger partial charge in [0.15, 0.2) is 17.3 Å². The molecule has 6 atom stereocenters. The van der Waals surface area contributed by atoms with Crippen molar-refractivity contribution in [3.63, 3.8) is 0 Å². The zero-order valence-electron chi connectivity index (χ0n) is 20.4. The zero-order chi connectivity index (χ0) is 27.7. The molecule has 0 saturated carbocycles. The third-order valence-corrected chi connectivity index (χ3v) is 6.45. The predicted molar refractivity (Wildman–Crippen MR) is 125 cm³/mol. The van der Waals surface area contributed by atoms with Crippen LogP contribution in [-0.4, -0.2) is 93.9 Å². The summed E-state index contributed by atoms with van der Waals surface area (Å²) in [4.78, 5) is 25.0. The number of hydrogen-bond acceptors (Lipinski definition) is 13. The summed E-state index contributed by atoms with van der Waals surface area (Å²) >= 11 is 0. The van der Waals surface area contributed by atoms with E-state index in [1.807, 2.05) is 0 Å². The molecule has 0 unspecified atom stereocenters. The minimum absolute atomic E-state index is 0.0101. The van der Waals surface area contributed by atoms with Gasteiger partial charge < -0.3 is 54.3 Å². The molecule has 1 saturated heterocycles. The van der Waals surface area contributed by atoms with E-state index in [0.717, 1.165) is 0 Å². The number of esters is 1. The van der Waals surface area contributed by atoms with Crippen molar-refractivity contribution in [2.45, 2.75) is 49.7 Å². The topological polar surface area (TPSA) is 202 Å². The SMILES string of the molecule is COc1cc(C(=O)OC[C@H]2O[C@@H](Oc3ccc(O)c4c3[C@@H](O)CCC4=O)[C@H](O)[C@@H](O)[C@@H]2O)cc(OC)c1O. The van der Waals surface area contributed by atoms with E-state index in [1.165, 1.54) is 38.5 Å². The van der Waals surface area contributed by atoms with Crippen LogP contribution in [0.4, 0.5) is 0 Å². The molecule has 1 aliphatic carbocycles. The summed E-state index contributed by atoms with van der Waals surface area (Å²) in [6.45, 7) is -0.579. The van der Waals surface area contributed by atoms with Crippen LogP contribution in [-0.2, 0) is 9.47 Å². The van der Waals surface area contributed by atoms with Gasteiger partial charge in [0.2, 0.25) is 12.0 Å². The highest BCUT2D eigenvalue weighted by molar-refractivity contribution is 6.01. The van der Waals surface area contributed by atoms with E-state index in [9.17, 15) is 40.2 Å². The number of Topliss-reactive ketones (excluding diaryl/α,β-unsaturated/α-hetero) is 1. The lowest BCUT2D eigenvalue weighted by atomic mass is 9.87. The number of rotatable bonds is 7. The highest BCUT2D eigenvalue weighted by Gasteiger charge is 2.46. The summed E-state index contributed by atoms with van der Waals surface area (Å²) in [6, 6.07) is 4.88. The maximum atomic E-state index is 12.6. The second kappa shape index (κ2) is 11.0. The first-order valence-corrected chi connectivity index (χ1v) is 11.6. The Morgan fingerprint density at radius 1 is 0.974 bits per heavy atom. The first-order valence-electron chi connectivity index (χ1n) is 11.6. The minimum Gasteiger partial charge on any atom is -0.507 e. The molecule has 0 aromatic heterocycles. The van der Waals surface area contributed by atoms with Gasteiger partial charge >= 0.3 is 5.97 Å². The Hall–Kier alpha value is -3.62. The van der Waals surface area contributed by atoms with Gasteiger partial charge in [0.05, 0.1) is 31.5 Å². The van der Waals surface area contributed by atoms with Crippen LogP contribution in [0.1, 0.15) is 45.2 Å². The van der Waals surface area contributed by atoms with Crippen LogP contribution in [0.2, 0.25) is 0 Å². The molecule has 206 valence electrons. The smallest absolute Gasteiger partial charge is 0.338 e. The Morgan fingerprint density at radius 3 is 2.26 bits per heavy atom. The number of phenolic OH excluding ortho intramolecular Hbond substituents is 2. The molecular weight excluding hydrogens is 508 g/mol. The lowest BCUT2D eigenvalue weighted by molar-refractivity contribution is -0.277. The Kier molecular flexibility index (Phi) is 7.94. The average Bonchev–Trinajstić information content (AvgIpc) is 2.91. The van der Waals surface area contributed by atoms with Crippen LogP contribution in [0, 0.1) is 0 Å². The van der Waals surface area contributed by atoms with Gasteiger partial charge in [-0.1, -0.05) is 0 Å². The van der Waals surface area contributed by atoms with Crippen molar-refractivity contribution < 1.29 is 63.9 Å². The van der Waals surface area contributed by atoms with Gasteiger partial charge in [-0.25, -0.2) is 4.79 Å². The molecule has 1 fully saturated rings. The number of benzene rings is 2. The van der Waals surface area contributed by atoms with Crippen molar-refractivity contribution in [2.75, 3.05) is 20.8 Å². The normalized spacial score (nSPS) is 26.8. The van der Waals surface area contributed by atoms with Crippen molar-refractivity contribution in [1.82, 2.24) is 0 Å². The van der Waals surface area contributed by atoms with E-state index < -0.39 is 55.2 Å². The molecule has 38 heavy (non-hydrogen) atoms. The summed E-state index contributed by atoms with van der Waals surface area (Å²) in [5, 5.41) is 61.8. The molecule has 1 heterocycles. The molecule has 2 aromatic carbocycles. The lowest BCUT2D eigenvalue weighted by Crippen LogP contribution is -2.60. The molecule has 0 bridgehead atoms. The average molecular weight is 536 g/mol. The first kappa shape index (κ1) is 27.4. The van der Waals surface area contributed by atoms with E-state index in [0.29, 0.717) is 0 Å². The Labute approximate surface area is 216 Å². The maximum Gasteiger partial charge on any atom is 0.338 e. The summed E-state index contributed by atoms with van der Waals surface area (Å²) in [5.41, 5.74) is -0.155. The van der Waals surface area contributed by atoms with Crippen LogP contribution < -0.4 is 14.2 Å². The highest BCUT2D eigenvalue weighted by atomic mass is 16.7. The molecule has 2 aliphatic rings. The van der Waals surface area contributed by atoms with Crippen molar-refractivity contribution in [3.05, 3.63) is 41.0 Å². The standard InChI is InChI=1S/C25H28O13/c1-34-15-7-10(8-16(35-2)20(15)29)24(33)36-9-17-21(30)22(31)23(32)25(38-17)37-14-6-5-12(27)18-11(26)3-4-13(28)19(14)18/h5-8,13,17,21-23,25,27-32H,3-4,9H2,1-2H3/t13-,17+,21+,22-,23+,25+/m0/s1. The monoisotopic (exact) mass is 536 g/mol. The molecular formula is C25H28O13. The van der Waals surface area contributed by atoms with Gasteiger partial charge in [0, 0.05) is 12.0 Å². The summed E-state index contributed by atoms with van der Waals surface area (Å²) < 4.78 is 26.5. The van der Waals surface area contributed by atoms with Crippen LogP contribution in [0.25, 0.3) is 0 Å². The maximum absolute atomic E-state index is 12.6. The van der Waals surface area contributed by atoms with Gasteiger partial charge in [-0.15, -0.1) is 0 Å². The third-order valence-electron chi connectivity index (χ3n) is 6.45. The number of phenols is 2. The molecule has 0 spiro atoms. The molecule has 2 aromatic rings. The van der Waals surface area contributed by atoms with Gasteiger partial charge in [-0.05, 0) is 30.7 Å².